The van der Waals surface area contributed by atoms with E-state index in [1.807, 2.05) is 6.92 Å². The zero-order valence-electron chi connectivity index (χ0n) is 13.0. The maximum atomic E-state index is 12.3. The van der Waals surface area contributed by atoms with Crippen molar-refractivity contribution in [1.82, 2.24) is 10.2 Å². The van der Waals surface area contributed by atoms with Gasteiger partial charge in [-0.1, -0.05) is 30.5 Å². The first-order chi connectivity index (χ1) is 11.0. The first-order valence-corrected chi connectivity index (χ1v) is 9.21. The van der Waals surface area contributed by atoms with Crippen LogP contribution in [0.15, 0.2) is 41.3 Å². The molecule has 0 saturated heterocycles. The highest BCUT2D eigenvalue weighted by Crippen LogP contribution is 2.21. The monoisotopic (exact) mass is 332 g/mol. The van der Waals surface area contributed by atoms with Gasteiger partial charge in [-0.3, -0.25) is 4.72 Å². The number of hydrogen-bond donors (Lipinski definition) is 2. The Morgan fingerprint density at radius 1 is 0.957 bits per heavy atom. The highest BCUT2D eigenvalue weighted by Gasteiger charge is 2.17. The number of rotatable bonds is 5. The van der Waals surface area contributed by atoms with Gasteiger partial charge in [-0.05, 0) is 44.0 Å². The van der Waals surface area contributed by atoms with Gasteiger partial charge < -0.3 is 5.32 Å². The number of nitrogens with one attached hydrogen (secondary N) is 2. The summed E-state index contributed by atoms with van der Waals surface area (Å²) in [5, 5.41) is 11.3. The molecule has 1 aliphatic carbocycles. The number of sulfonamides is 1. The fourth-order valence-corrected chi connectivity index (χ4v) is 3.65. The van der Waals surface area contributed by atoms with E-state index in [0.717, 1.165) is 18.4 Å². The molecule has 1 aromatic heterocycles. The summed E-state index contributed by atoms with van der Waals surface area (Å²) in [7, 11) is -3.64. The fraction of sp³-hybridized carbons (Fsp3) is 0.375. The summed E-state index contributed by atoms with van der Waals surface area (Å²) in [5.41, 5.74) is 1.01. The first kappa shape index (κ1) is 15.7. The van der Waals surface area contributed by atoms with Gasteiger partial charge in [0.25, 0.3) is 10.0 Å². The summed E-state index contributed by atoms with van der Waals surface area (Å²) in [4.78, 5) is 0.207. The van der Waals surface area contributed by atoms with Crippen molar-refractivity contribution in [3.05, 3.63) is 42.0 Å². The molecule has 0 unspecified atom stereocenters. The Morgan fingerprint density at radius 2 is 1.57 bits per heavy atom. The molecular formula is C16H20N4O2S. The molecule has 1 heterocycles. The van der Waals surface area contributed by atoms with Crippen LogP contribution in [0.3, 0.4) is 0 Å². The molecule has 3 rings (SSSR count). The lowest BCUT2D eigenvalue weighted by atomic mass is 10.2. The summed E-state index contributed by atoms with van der Waals surface area (Å²) in [6.45, 7) is 1.91. The van der Waals surface area contributed by atoms with Crippen molar-refractivity contribution in [3.8, 4) is 0 Å². The third-order valence-corrected chi connectivity index (χ3v) is 5.31. The third kappa shape index (κ3) is 3.98. The number of benzene rings is 1. The van der Waals surface area contributed by atoms with Crippen LogP contribution < -0.4 is 10.0 Å². The van der Waals surface area contributed by atoms with Gasteiger partial charge in [0, 0.05) is 6.04 Å². The van der Waals surface area contributed by atoms with Gasteiger partial charge in [0.15, 0.2) is 5.82 Å². The quantitative estimate of drug-likeness (QED) is 0.879. The fourth-order valence-electron chi connectivity index (χ4n) is 2.66. The SMILES string of the molecule is Cc1ccc(S(=O)(=O)Nc2ccc(NC3CCCC3)nn2)cc1. The Bertz CT molecular complexity index is 752. The summed E-state index contributed by atoms with van der Waals surface area (Å²) < 4.78 is 27.0. The number of aromatic nitrogens is 2. The summed E-state index contributed by atoms with van der Waals surface area (Å²) in [6, 6.07) is 10.5. The predicted octanol–water partition coefficient (Wildman–Crippen LogP) is 2.94. The van der Waals surface area contributed by atoms with E-state index in [4.69, 9.17) is 0 Å². The minimum absolute atomic E-state index is 0.207. The summed E-state index contributed by atoms with van der Waals surface area (Å²) >= 11 is 0. The van der Waals surface area contributed by atoms with Crippen molar-refractivity contribution < 1.29 is 8.42 Å². The number of anilines is 2. The molecule has 0 bridgehead atoms. The summed E-state index contributed by atoms with van der Waals surface area (Å²) in [6.07, 6.45) is 4.76. The topological polar surface area (TPSA) is 84.0 Å². The largest absolute Gasteiger partial charge is 0.366 e. The van der Waals surface area contributed by atoms with E-state index in [0.29, 0.717) is 11.9 Å². The minimum atomic E-state index is -3.64. The average Bonchev–Trinajstić information content (AvgIpc) is 3.02. The van der Waals surface area contributed by atoms with Crippen molar-refractivity contribution in [1.29, 1.82) is 0 Å². The molecule has 2 N–H and O–H groups in total. The molecule has 0 atom stereocenters. The molecule has 7 heteroatoms. The van der Waals surface area contributed by atoms with Crippen LogP contribution in [-0.4, -0.2) is 24.7 Å². The Labute approximate surface area is 136 Å². The lowest BCUT2D eigenvalue weighted by Gasteiger charge is -2.12. The molecule has 23 heavy (non-hydrogen) atoms. The Kier molecular flexibility index (Phi) is 4.47. The molecule has 1 fully saturated rings. The first-order valence-electron chi connectivity index (χ1n) is 7.73. The van der Waals surface area contributed by atoms with Gasteiger partial charge in [0.05, 0.1) is 4.90 Å². The molecule has 1 aliphatic rings. The highest BCUT2D eigenvalue weighted by atomic mass is 32.2. The second-order valence-electron chi connectivity index (χ2n) is 5.85. The minimum Gasteiger partial charge on any atom is -0.366 e. The van der Waals surface area contributed by atoms with E-state index in [9.17, 15) is 8.42 Å². The van der Waals surface area contributed by atoms with Gasteiger partial charge >= 0.3 is 0 Å². The molecule has 0 amide bonds. The second-order valence-corrected chi connectivity index (χ2v) is 7.53. The predicted molar refractivity (Wildman–Crippen MR) is 89.9 cm³/mol. The average molecular weight is 332 g/mol. The Balaban J connectivity index is 1.68. The lowest BCUT2D eigenvalue weighted by Crippen LogP contribution is -2.17. The normalized spacial score (nSPS) is 15.5. The van der Waals surface area contributed by atoms with Crippen molar-refractivity contribution >= 4 is 21.7 Å². The van der Waals surface area contributed by atoms with Crippen LogP contribution in [0.25, 0.3) is 0 Å². The van der Waals surface area contributed by atoms with Crippen molar-refractivity contribution in [2.75, 3.05) is 10.0 Å². The number of hydrogen-bond acceptors (Lipinski definition) is 5. The molecule has 0 aliphatic heterocycles. The van der Waals surface area contributed by atoms with E-state index in [2.05, 4.69) is 20.2 Å². The number of nitrogens with zero attached hydrogens (tertiary/aromatic N) is 2. The molecule has 6 nitrogen and oxygen atoms in total. The van der Waals surface area contributed by atoms with Crippen molar-refractivity contribution in [2.45, 2.75) is 43.5 Å². The van der Waals surface area contributed by atoms with Gasteiger partial charge in [0.1, 0.15) is 5.82 Å². The highest BCUT2D eigenvalue weighted by molar-refractivity contribution is 7.92. The van der Waals surface area contributed by atoms with E-state index in [1.54, 1.807) is 36.4 Å². The van der Waals surface area contributed by atoms with E-state index in [-0.39, 0.29) is 10.7 Å². The van der Waals surface area contributed by atoms with Crippen molar-refractivity contribution in [2.24, 2.45) is 0 Å². The second kappa shape index (κ2) is 6.54. The van der Waals surface area contributed by atoms with Crippen LogP contribution in [0.4, 0.5) is 11.6 Å². The number of aryl methyl sites for hydroxylation is 1. The molecule has 0 radical (unpaired) electrons. The maximum Gasteiger partial charge on any atom is 0.263 e. The molecular weight excluding hydrogens is 312 g/mol. The van der Waals surface area contributed by atoms with Crippen molar-refractivity contribution in [3.63, 3.8) is 0 Å². The van der Waals surface area contributed by atoms with Crippen LogP contribution in [0, 0.1) is 6.92 Å². The van der Waals surface area contributed by atoms with Crippen LogP contribution in [0.1, 0.15) is 31.2 Å². The van der Waals surface area contributed by atoms with Crippen LogP contribution >= 0.6 is 0 Å². The van der Waals surface area contributed by atoms with E-state index < -0.39 is 10.0 Å². The van der Waals surface area contributed by atoms with Gasteiger partial charge in [-0.2, -0.15) is 0 Å². The van der Waals surface area contributed by atoms with Gasteiger partial charge in [-0.15, -0.1) is 10.2 Å². The lowest BCUT2D eigenvalue weighted by molar-refractivity contribution is 0.601. The van der Waals surface area contributed by atoms with Gasteiger partial charge in [-0.25, -0.2) is 8.42 Å². The molecule has 122 valence electrons. The summed E-state index contributed by atoms with van der Waals surface area (Å²) in [5.74, 6) is 0.887. The van der Waals surface area contributed by atoms with Crippen LogP contribution in [0.2, 0.25) is 0 Å². The smallest absolute Gasteiger partial charge is 0.263 e. The van der Waals surface area contributed by atoms with Gasteiger partial charge in [0.2, 0.25) is 0 Å². The molecule has 1 saturated carbocycles. The maximum absolute atomic E-state index is 12.3. The molecule has 1 aromatic carbocycles. The zero-order chi connectivity index (χ0) is 16.3. The third-order valence-electron chi connectivity index (χ3n) is 3.94. The molecule has 0 spiro atoms. The van der Waals surface area contributed by atoms with Crippen LogP contribution in [0.5, 0.6) is 0 Å². The molecule has 2 aromatic rings. The van der Waals surface area contributed by atoms with E-state index in [1.165, 1.54) is 12.8 Å². The Morgan fingerprint density at radius 3 is 2.17 bits per heavy atom. The standard InChI is InChI=1S/C16H20N4O2S/c1-12-6-8-14(9-7-12)23(21,22)20-16-11-10-15(18-19-16)17-13-4-2-3-5-13/h6-11,13H,2-5H2,1H3,(H,17,18)(H,19,20). The van der Waals surface area contributed by atoms with E-state index >= 15 is 0 Å². The Hall–Kier alpha value is -2.15. The van der Waals surface area contributed by atoms with Crippen LogP contribution in [-0.2, 0) is 10.0 Å². The zero-order valence-corrected chi connectivity index (χ0v) is 13.8.